The molecule has 0 spiro atoms. The predicted molar refractivity (Wildman–Crippen MR) is 31.7 cm³/mol. The van der Waals surface area contributed by atoms with E-state index in [2.05, 4.69) is 9.87 Å². The van der Waals surface area contributed by atoms with Crippen molar-refractivity contribution < 1.29 is 10.1 Å². The zero-order valence-electron chi connectivity index (χ0n) is 4.82. The zero-order valence-corrected chi connectivity index (χ0v) is 4.82. The molecule has 1 N–H and O–H groups in total. The molecule has 3 nitrogen and oxygen atoms in total. The van der Waals surface area contributed by atoms with Gasteiger partial charge in [0.2, 0.25) is 0 Å². The highest BCUT2D eigenvalue weighted by Crippen LogP contribution is 1.95. The summed E-state index contributed by atoms with van der Waals surface area (Å²) >= 11 is 0. The molecular weight excluding hydrogens is 118 g/mol. The number of hydrogen-bond acceptors (Lipinski definition) is 3. The molecule has 0 saturated heterocycles. The highest BCUT2D eigenvalue weighted by atomic mass is 17.1. The third kappa shape index (κ3) is 1.79. The maximum Gasteiger partial charge on any atom is 0.108 e. The van der Waals surface area contributed by atoms with Crippen LogP contribution in [0.25, 0.3) is 0 Å². The summed E-state index contributed by atoms with van der Waals surface area (Å²) in [5, 5.41) is 7.99. The molecule has 0 aliphatic carbocycles. The molecule has 0 amide bonds. The minimum Gasteiger partial charge on any atom is -0.264 e. The van der Waals surface area contributed by atoms with E-state index in [-0.39, 0.29) is 6.61 Å². The second-order valence-corrected chi connectivity index (χ2v) is 1.63. The smallest absolute Gasteiger partial charge is 0.108 e. The van der Waals surface area contributed by atoms with Gasteiger partial charge in [-0.3, -0.25) is 10.2 Å². The van der Waals surface area contributed by atoms with E-state index in [0.29, 0.717) is 0 Å². The highest BCUT2D eigenvalue weighted by Gasteiger charge is 1.87. The SMILES string of the molecule is OOCc1cccnc1. The molecule has 0 saturated carbocycles. The van der Waals surface area contributed by atoms with Gasteiger partial charge in [-0.25, -0.2) is 4.89 Å². The average molecular weight is 125 g/mol. The Morgan fingerprint density at radius 1 is 1.67 bits per heavy atom. The summed E-state index contributed by atoms with van der Waals surface area (Å²) in [6.07, 6.45) is 3.30. The summed E-state index contributed by atoms with van der Waals surface area (Å²) in [5.41, 5.74) is 0.861. The van der Waals surface area contributed by atoms with E-state index in [1.165, 1.54) is 0 Å². The molecule has 1 aromatic rings. The molecule has 0 aliphatic heterocycles. The molecule has 0 atom stereocenters. The molecular formula is C6H7NO2. The van der Waals surface area contributed by atoms with Gasteiger partial charge in [0.15, 0.2) is 0 Å². The van der Waals surface area contributed by atoms with Crippen molar-refractivity contribution in [3.8, 4) is 0 Å². The molecule has 1 rings (SSSR count). The largest absolute Gasteiger partial charge is 0.264 e. The van der Waals surface area contributed by atoms with Crippen molar-refractivity contribution >= 4 is 0 Å². The predicted octanol–water partition coefficient (Wildman–Crippen LogP) is 1.07. The minimum absolute atomic E-state index is 0.202. The van der Waals surface area contributed by atoms with Crippen molar-refractivity contribution in [3.63, 3.8) is 0 Å². The average Bonchev–Trinajstić information content (AvgIpc) is 1.91. The third-order valence-corrected chi connectivity index (χ3v) is 0.954. The van der Waals surface area contributed by atoms with Crippen LogP contribution in [0.15, 0.2) is 24.5 Å². The Bertz CT molecular complexity index is 164. The molecule has 0 aromatic carbocycles. The minimum atomic E-state index is 0.202. The fourth-order valence-electron chi connectivity index (χ4n) is 0.558. The van der Waals surface area contributed by atoms with Crippen LogP contribution < -0.4 is 0 Å². The van der Waals surface area contributed by atoms with Crippen molar-refractivity contribution in [3.05, 3.63) is 30.1 Å². The first-order valence-corrected chi connectivity index (χ1v) is 2.59. The molecule has 9 heavy (non-hydrogen) atoms. The Hall–Kier alpha value is -0.930. The summed E-state index contributed by atoms with van der Waals surface area (Å²) in [7, 11) is 0. The molecule has 0 fully saturated rings. The first-order valence-electron chi connectivity index (χ1n) is 2.59. The van der Waals surface area contributed by atoms with E-state index >= 15 is 0 Å². The van der Waals surface area contributed by atoms with E-state index in [0.717, 1.165) is 5.56 Å². The standard InChI is InChI=1S/C6H7NO2/c8-9-5-6-2-1-3-7-4-6/h1-4,8H,5H2. The quantitative estimate of drug-likeness (QED) is 0.475. The second-order valence-electron chi connectivity index (χ2n) is 1.63. The van der Waals surface area contributed by atoms with Gasteiger partial charge in [0.1, 0.15) is 6.61 Å². The first-order chi connectivity index (χ1) is 4.43. The molecule has 3 heteroatoms. The Morgan fingerprint density at radius 3 is 3.11 bits per heavy atom. The van der Waals surface area contributed by atoms with Crippen LogP contribution in [-0.2, 0) is 11.5 Å². The number of nitrogens with zero attached hydrogens (tertiary/aromatic N) is 1. The van der Waals surface area contributed by atoms with Crippen LogP contribution in [0.5, 0.6) is 0 Å². The van der Waals surface area contributed by atoms with Gasteiger partial charge in [-0.2, -0.15) is 0 Å². The van der Waals surface area contributed by atoms with E-state index in [9.17, 15) is 0 Å². The Balaban J connectivity index is 2.61. The van der Waals surface area contributed by atoms with Gasteiger partial charge >= 0.3 is 0 Å². The van der Waals surface area contributed by atoms with Crippen molar-refractivity contribution in [1.29, 1.82) is 0 Å². The first kappa shape index (κ1) is 6.19. The summed E-state index contributed by atoms with van der Waals surface area (Å²) in [6, 6.07) is 3.61. The van der Waals surface area contributed by atoms with Crippen LogP contribution in [0.3, 0.4) is 0 Å². The van der Waals surface area contributed by atoms with E-state index in [4.69, 9.17) is 5.26 Å². The van der Waals surface area contributed by atoms with E-state index in [1.807, 2.05) is 6.07 Å². The summed E-state index contributed by atoms with van der Waals surface area (Å²) in [5.74, 6) is 0. The molecule has 0 bridgehead atoms. The van der Waals surface area contributed by atoms with Crippen LogP contribution in [-0.4, -0.2) is 10.2 Å². The van der Waals surface area contributed by atoms with Gasteiger partial charge in [0.05, 0.1) is 0 Å². The molecule has 0 unspecified atom stereocenters. The summed E-state index contributed by atoms with van der Waals surface area (Å²) < 4.78 is 0. The summed E-state index contributed by atoms with van der Waals surface area (Å²) in [6.45, 7) is 0.202. The topological polar surface area (TPSA) is 42.4 Å². The number of hydrogen-bond donors (Lipinski definition) is 1. The molecule has 1 aromatic heterocycles. The number of aromatic nitrogens is 1. The number of pyridine rings is 1. The highest BCUT2D eigenvalue weighted by molar-refractivity contribution is 5.06. The van der Waals surface area contributed by atoms with Gasteiger partial charge in [0, 0.05) is 12.4 Å². The Labute approximate surface area is 52.9 Å². The van der Waals surface area contributed by atoms with E-state index in [1.54, 1.807) is 18.5 Å². The van der Waals surface area contributed by atoms with Crippen LogP contribution in [0, 0.1) is 0 Å². The molecule has 48 valence electrons. The molecule has 1 heterocycles. The Kier molecular flexibility index (Phi) is 2.18. The normalized spacial score (nSPS) is 9.44. The lowest BCUT2D eigenvalue weighted by Crippen LogP contribution is -1.86. The summed E-state index contributed by atoms with van der Waals surface area (Å²) in [4.78, 5) is 7.70. The third-order valence-electron chi connectivity index (χ3n) is 0.954. The monoisotopic (exact) mass is 125 g/mol. The van der Waals surface area contributed by atoms with Crippen molar-refractivity contribution in [2.45, 2.75) is 6.61 Å². The van der Waals surface area contributed by atoms with Gasteiger partial charge in [-0.15, -0.1) is 0 Å². The lowest BCUT2D eigenvalue weighted by Gasteiger charge is -1.92. The van der Waals surface area contributed by atoms with Crippen LogP contribution in [0.4, 0.5) is 0 Å². The molecule has 0 radical (unpaired) electrons. The van der Waals surface area contributed by atoms with Crippen LogP contribution >= 0.6 is 0 Å². The maximum absolute atomic E-state index is 7.99. The van der Waals surface area contributed by atoms with Gasteiger partial charge in [-0.05, 0) is 11.6 Å². The number of rotatable bonds is 2. The fourth-order valence-corrected chi connectivity index (χ4v) is 0.558. The maximum atomic E-state index is 7.99. The van der Waals surface area contributed by atoms with Crippen molar-refractivity contribution in [1.82, 2.24) is 4.98 Å². The zero-order chi connectivity index (χ0) is 6.53. The van der Waals surface area contributed by atoms with Gasteiger partial charge in [0.25, 0.3) is 0 Å². The van der Waals surface area contributed by atoms with Crippen molar-refractivity contribution in [2.24, 2.45) is 0 Å². The van der Waals surface area contributed by atoms with Crippen molar-refractivity contribution in [2.75, 3.05) is 0 Å². The molecule has 0 aliphatic rings. The second kappa shape index (κ2) is 3.17. The van der Waals surface area contributed by atoms with Gasteiger partial charge in [-0.1, -0.05) is 6.07 Å². The van der Waals surface area contributed by atoms with Crippen LogP contribution in [0.2, 0.25) is 0 Å². The Morgan fingerprint density at radius 2 is 2.56 bits per heavy atom. The van der Waals surface area contributed by atoms with Gasteiger partial charge < -0.3 is 0 Å². The van der Waals surface area contributed by atoms with E-state index < -0.39 is 0 Å². The lowest BCUT2D eigenvalue weighted by molar-refractivity contribution is -0.253. The van der Waals surface area contributed by atoms with Crippen LogP contribution in [0.1, 0.15) is 5.56 Å². The lowest BCUT2D eigenvalue weighted by atomic mass is 10.3. The fraction of sp³-hybridized carbons (Fsp3) is 0.167.